The molecule has 4 nitrogen and oxygen atoms in total. The minimum absolute atomic E-state index is 0.149. The van der Waals surface area contributed by atoms with Crippen molar-refractivity contribution in [3.63, 3.8) is 0 Å². The van der Waals surface area contributed by atoms with Crippen LogP contribution < -0.4 is 5.73 Å². The van der Waals surface area contributed by atoms with E-state index < -0.39 is 0 Å². The molecule has 0 aliphatic rings. The molecular formula is C6H6N2O2. The number of hydrogen-bond acceptors (Lipinski definition) is 4. The van der Waals surface area contributed by atoms with Crippen molar-refractivity contribution in [1.82, 2.24) is 4.98 Å². The number of nitrogen functional groups attached to an aromatic ring is 1. The molecule has 10 heavy (non-hydrogen) atoms. The second-order valence-corrected chi connectivity index (χ2v) is 1.79. The van der Waals surface area contributed by atoms with Crippen LogP contribution in [0.1, 0.15) is 10.4 Å². The lowest BCUT2D eigenvalue weighted by Crippen LogP contribution is -1.91. The third-order valence-electron chi connectivity index (χ3n) is 1.06. The maximum atomic E-state index is 10.1. The summed E-state index contributed by atoms with van der Waals surface area (Å²) in [6.07, 6.45) is 1.66. The van der Waals surface area contributed by atoms with E-state index in [1.807, 2.05) is 0 Å². The second kappa shape index (κ2) is 2.34. The molecule has 0 radical (unpaired) electrons. The van der Waals surface area contributed by atoms with E-state index in [1.165, 1.54) is 6.07 Å². The Morgan fingerprint density at radius 1 is 1.70 bits per heavy atom. The molecule has 0 aromatic carbocycles. The molecule has 52 valence electrons. The van der Waals surface area contributed by atoms with Gasteiger partial charge in [0.1, 0.15) is 11.6 Å². The van der Waals surface area contributed by atoms with Gasteiger partial charge in [0.2, 0.25) is 0 Å². The summed E-state index contributed by atoms with van der Waals surface area (Å²) in [5.41, 5.74) is 5.38. The summed E-state index contributed by atoms with van der Waals surface area (Å²) in [6, 6.07) is 1.31. The molecule has 0 fully saturated rings. The summed E-state index contributed by atoms with van der Waals surface area (Å²) in [4.78, 5) is 13.7. The number of carbonyl (C=O) groups is 1. The zero-order valence-corrected chi connectivity index (χ0v) is 5.11. The van der Waals surface area contributed by atoms with E-state index in [1.54, 1.807) is 0 Å². The number of aromatic hydroxyl groups is 1. The van der Waals surface area contributed by atoms with Crippen molar-refractivity contribution in [2.45, 2.75) is 0 Å². The average molecular weight is 138 g/mol. The summed E-state index contributed by atoms with van der Waals surface area (Å²) in [6.45, 7) is 0. The van der Waals surface area contributed by atoms with Gasteiger partial charge < -0.3 is 10.8 Å². The molecule has 0 aliphatic heterocycles. The van der Waals surface area contributed by atoms with Crippen LogP contribution in [-0.4, -0.2) is 16.4 Å². The predicted molar refractivity (Wildman–Crippen MR) is 35.7 cm³/mol. The summed E-state index contributed by atoms with van der Waals surface area (Å²) in [5.74, 6) is 0.0732. The number of pyridine rings is 1. The van der Waals surface area contributed by atoms with Crippen LogP contribution in [-0.2, 0) is 0 Å². The first-order valence-electron chi connectivity index (χ1n) is 2.63. The van der Waals surface area contributed by atoms with Crippen LogP contribution in [0.4, 0.5) is 5.82 Å². The van der Waals surface area contributed by atoms with Crippen molar-refractivity contribution in [3.05, 3.63) is 17.8 Å². The standard InChI is InChI=1S/C6H6N2O2/c7-6-1-4(3-9)5(10)2-8-6/h1-3,10H,(H2,7,8). The van der Waals surface area contributed by atoms with Crippen molar-refractivity contribution in [2.75, 3.05) is 5.73 Å². The smallest absolute Gasteiger partial charge is 0.153 e. The van der Waals surface area contributed by atoms with Gasteiger partial charge in [0.25, 0.3) is 0 Å². The monoisotopic (exact) mass is 138 g/mol. The number of nitrogens with zero attached hydrogens (tertiary/aromatic N) is 1. The second-order valence-electron chi connectivity index (χ2n) is 1.79. The predicted octanol–water partition coefficient (Wildman–Crippen LogP) is 0.182. The number of aldehydes is 1. The van der Waals surface area contributed by atoms with Gasteiger partial charge in [-0.3, -0.25) is 4.79 Å². The molecule has 0 amide bonds. The molecule has 0 atom stereocenters. The number of hydrogen-bond donors (Lipinski definition) is 2. The zero-order valence-electron chi connectivity index (χ0n) is 5.11. The van der Waals surface area contributed by atoms with E-state index in [2.05, 4.69) is 4.98 Å². The zero-order chi connectivity index (χ0) is 7.56. The molecule has 1 aromatic heterocycles. The van der Waals surface area contributed by atoms with Crippen LogP contribution in [0.15, 0.2) is 12.3 Å². The van der Waals surface area contributed by atoms with Gasteiger partial charge in [0.15, 0.2) is 6.29 Å². The molecule has 0 spiro atoms. The molecule has 0 unspecified atom stereocenters. The molecule has 3 N–H and O–H groups in total. The lowest BCUT2D eigenvalue weighted by Gasteiger charge is -1.95. The van der Waals surface area contributed by atoms with Gasteiger partial charge in [-0.25, -0.2) is 4.98 Å². The van der Waals surface area contributed by atoms with Crippen molar-refractivity contribution < 1.29 is 9.90 Å². The van der Waals surface area contributed by atoms with Crippen LogP contribution >= 0.6 is 0 Å². The minimum atomic E-state index is -0.149. The first kappa shape index (κ1) is 6.54. The highest BCUT2D eigenvalue weighted by molar-refractivity contribution is 5.79. The Hall–Kier alpha value is -1.58. The van der Waals surface area contributed by atoms with E-state index in [0.29, 0.717) is 6.29 Å². The highest BCUT2D eigenvalue weighted by Gasteiger charge is 1.98. The largest absolute Gasteiger partial charge is 0.506 e. The van der Waals surface area contributed by atoms with Gasteiger partial charge >= 0.3 is 0 Å². The third-order valence-corrected chi connectivity index (χ3v) is 1.06. The van der Waals surface area contributed by atoms with E-state index in [4.69, 9.17) is 10.8 Å². The maximum absolute atomic E-state index is 10.1. The van der Waals surface area contributed by atoms with Crippen molar-refractivity contribution in [1.29, 1.82) is 0 Å². The molecule has 0 bridgehead atoms. The van der Waals surface area contributed by atoms with Gasteiger partial charge in [-0.15, -0.1) is 0 Å². The molecule has 0 saturated carbocycles. The first-order valence-corrected chi connectivity index (χ1v) is 2.63. The van der Waals surface area contributed by atoms with E-state index in [9.17, 15) is 4.79 Å². The fourth-order valence-corrected chi connectivity index (χ4v) is 0.575. The molecule has 1 heterocycles. The van der Waals surface area contributed by atoms with E-state index in [0.717, 1.165) is 6.20 Å². The summed E-state index contributed by atoms with van der Waals surface area (Å²) < 4.78 is 0. The average Bonchev–Trinajstić information content (AvgIpc) is 1.94. The van der Waals surface area contributed by atoms with Crippen LogP contribution in [0.2, 0.25) is 0 Å². The van der Waals surface area contributed by atoms with Gasteiger partial charge in [0, 0.05) is 0 Å². The van der Waals surface area contributed by atoms with Crippen LogP contribution in [0.25, 0.3) is 0 Å². The quantitative estimate of drug-likeness (QED) is 0.543. The number of rotatable bonds is 1. The number of aromatic nitrogens is 1. The third kappa shape index (κ3) is 1.05. The van der Waals surface area contributed by atoms with Crippen LogP contribution in [0, 0.1) is 0 Å². The molecule has 4 heteroatoms. The number of nitrogens with two attached hydrogens (primary N) is 1. The minimum Gasteiger partial charge on any atom is -0.506 e. The van der Waals surface area contributed by atoms with Gasteiger partial charge in [0.05, 0.1) is 11.8 Å². The Balaban J connectivity index is 3.21. The topological polar surface area (TPSA) is 76.2 Å². The fraction of sp³-hybridized carbons (Fsp3) is 0. The van der Waals surface area contributed by atoms with Crippen molar-refractivity contribution >= 4 is 12.1 Å². The van der Waals surface area contributed by atoms with Crippen molar-refractivity contribution in [3.8, 4) is 5.75 Å². The number of anilines is 1. The highest BCUT2D eigenvalue weighted by atomic mass is 16.3. The van der Waals surface area contributed by atoms with Crippen molar-refractivity contribution in [2.24, 2.45) is 0 Å². The van der Waals surface area contributed by atoms with Crippen LogP contribution in [0.3, 0.4) is 0 Å². The SMILES string of the molecule is Nc1cc(C=O)c(O)cn1. The Morgan fingerprint density at radius 3 is 2.90 bits per heavy atom. The summed E-state index contributed by atoms with van der Waals surface area (Å²) >= 11 is 0. The van der Waals surface area contributed by atoms with Crippen LogP contribution in [0.5, 0.6) is 5.75 Å². The van der Waals surface area contributed by atoms with E-state index >= 15 is 0 Å². The summed E-state index contributed by atoms with van der Waals surface area (Å²) in [7, 11) is 0. The van der Waals surface area contributed by atoms with Gasteiger partial charge in [-0.1, -0.05) is 0 Å². The Bertz CT molecular complexity index is 260. The van der Waals surface area contributed by atoms with Gasteiger partial charge in [-0.05, 0) is 6.07 Å². The normalized spacial score (nSPS) is 9.20. The Morgan fingerprint density at radius 2 is 2.40 bits per heavy atom. The molecule has 1 aromatic rings. The Labute approximate surface area is 57.3 Å². The lowest BCUT2D eigenvalue weighted by molar-refractivity contribution is 0.112. The molecule has 0 aliphatic carbocycles. The van der Waals surface area contributed by atoms with Gasteiger partial charge in [-0.2, -0.15) is 0 Å². The highest BCUT2D eigenvalue weighted by Crippen LogP contribution is 2.13. The lowest BCUT2D eigenvalue weighted by atomic mass is 10.3. The molecular weight excluding hydrogens is 132 g/mol. The maximum Gasteiger partial charge on any atom is 0.153 e. The Kier molecular flexibility index (Phi) is 1.53. The molecule has 1 rings (SSSR count). The number of carbonyl (C=O) groups excluding carboxylic acids is 1. The van der Waals surface area contributed by atoms with E-state index in [-0.39, 0.29) is 17.1 Å². The molecule has 0 saturated heterocycles. The fourth-order valence-electron chi connectivity index (χ4n) is 0.575. The first-order chi connectivity index (χ1) is 4.74. The summed E-state index contributed by atoms with van der Waals surface area (Å²) in [5, 5.41) is 8.89.